The third-order valence-corrected chi connectivity index (χ3v) is 5.07. The highest BCUT2D eigenvalue weighted by Crippen LogP contribution is 2.37. The van der Waals surface area contributed by atoms with E-state index in [4.69, 9.17) is 9.47 Å². The van der Waals surface area contributed by atoms with Crippen molar-refractivity contribution in [3.8, 4) is 0 Å². The summed E-state index contributed by atoms with van der Waals surface area (Å²) in [5.41, 5.74) is 0.249. The quantitative estimate of drug-likeness (QED) is 0.874. The number of ether oxygens (including phenoxy) is 2. The van der Waals surface area contributed by atoms with Crippen molar-refractivity contribution in [1.82, 2.24) is 4.90 Å². The number of halogens is 1. The predicted octanol–water partition coefficient (Wildman–Crippen LogP) is 3.21. The normalized spacial score (nSPS) is 28.8. The zero-order valence-electron chi connectivity index (χ0n) is 15.9. The molecule has 1 aromatic carbocycles. The summed E-state index contributed by atoms with van der Waals surface area (Å²) in [5, 5.41) is 11.2. The molecule has 2 bridgehead atoms. The monoisotopic (exact) mass is 365 g/mol. The van der Waals surface area contributed by atoms with Crippen LogP contribution in [0, 0.1) is 12.7 Å². The fourth-order valence-corrected chi connectivity index (χ4v) is 4.04. The van der Waals surface area contributed by atoms with Crippen LogP contribution in [0.15, 0.2) is 18.2 Å². The minimum absolute atomic E-state index is 0.219. The highest BCUT2D eigenvalue weighted by molar-refractivity contribution is 5.69. The number of nitrogens with zero attached hydrogens (tertiary/aromatic N) is 1. The number of carbonyl (C=O) groups is 1. The van der Waals surface area contributed by atoms with Gasteiger partial charge in [-0.05, 0) is 63.8 Å². The number of aliphatic hydroxyl groups is 1. The molecule has 1 N–H and O–H groups in total. The van der Waals surface area contributed by atoms with Crippen molar-refractivity contribution in [2.24, 2.45) is 0 Å². The van der Waals surface area contributed by atoms with E-state index in [1.807, 2.05) is 27.7 Å². The molecule has 2 heterocycles. The zero-order valence-corrected chi connectivity index (χ0v) is 15.9. The molecule has 26 heavy (non-hydrogen) atoms. The number of hydrogen-bond acceptors (Lipinski definition) is 4. The number of amides is 1. The van der Waals surface area contributed by atoms with Crippen LogP contribution in [0.5, 0.6) is 0 Å². The zero-order chi connectivity index (χ0) is 19.1. The molecule has 2 fully saturated rings. The molecular weight excluding hydrogens is 337 g/mol. The van der Waals surface area contributed by atoms with Gasteiger partial charge in [0.15, 0.2) is 0 Å². The van der Waals surface area contributed by atoms with Gasteiger partial charge in [0.1, 0.15) is 11.4 Å². The molecule has 1 amide bonds. The van der Waals surface area contributed by atoms with Gasteiger partial charge in [0.25, 0.3) is 0 Å². The van der Waals surface area contributed by atoms with Crippen LogP contribution in [0.1, 0.15) is 44.7 Å². The van der Waals surface area contributed by atoms with Crippen LogP contribution >= 0.6 is 0 Å². The molecule has 0 aromatic heterocycles. The molecule has 0 radical (unpaired) electrons. The van der Waals surface area contributed by atoms with Crippen molar-refractivity contribution in [1.29, 1.82) is 0 Å². The number of hydrogen-bond donors (Lipinski definition) is 1. The topological polar surface area (TPSA) is 59.0 Å². The van der Waals surface area contributed by atoms with E-state index in [0.29, 0.717) is 32.5 Å². The van der Waals surface area contributed by atoms with Gasteiger partial charge in [-0.15, -0.1) is 0 Å². The molecule has 0 saturated carbocycles. The van der Waals surface area contributed by atoms with Crippen LogP contribution < -0.4 is 0 Å². The minimum atomic E-state index is -0.944. The van der Waals surface area contributed by atoms with Crippen molar-refractivity contribution in [2.45, 2.75) is 70.2 Å². The first-order chi connectivity index (χ1) is 12.1. The van der Waals surface area contributed by atoms with Gasteiger partial charge in [0.2, 0.25) is 0 Å². The molecule has 2 atom stereocenters. The lowest BCUT2D eigenvalue weighted by atomic mass is 9.77. The average Bonchev–Trinajstić information content (AvgIpc) is 2.47. The van der Waals surface area contributed by atoms with E-state index in [9.17, 15) is 14.3 Å². The van der Waals surface area contributed by atoms with Crippen LogP contribution in [-0.2, 0) is 15.9 Å². The predicted molar refractivity (Wildman–Crippen MR) is 95.5 cm³/mol. The molecule has 2 saturated heterocycles. The van der Waals surface area contributed by atoms with E-state index in [2.05, 4.69) is 0 Å². The van der Waals surface area contributed by atoms with Crippen LogP contribution in [-0.4, -0.2) is 52.6 Å². The first kappa shape index (κ1) is 19.1. The van der Waals surface area contributed by atoms with Crippen LogP contribution in [0.4, 0.5) is 9.18 Å². The standard InChI is InChI=1S/C20H28FNO4/c1-13-7-15(21)6-5-14(13)8-20(24)9-16-11-25-12-17(10-20)22(16)18(23)26-19(2,3)4/h5-7,16-17,24H,8-12H2,1-4H3. The Bertz CT molecular complexity index is 671. The number of carbonyl (C=O) groups excluding carboxylic acids is 1. The number of piperidine rings is 1. The SMILES string of the molecule is Cc1cc(F)ccc1CC1(O)CC2COCC(C1)N2C(=O)OC(C)(C)C. The fourth-order valence-electron chi connectivity index (χ4n) is 4.04. The van der Waals surface area contributed by atoms with E-state index in [0.717, 1.165) is 11.1 Å². The lowest BCUT2D eigenvalue weighted by Gasteiger charge is -2.51. The maximum absolute atomic E-state index is 13.3. The molecule has 2 unspecified atom stereocenters. The summed E-state index contributed by atoms with van der Waals surface area (Å²) in [5.74, 6) is -0.275. The number of fused-ring (bicyclic) bond motifs is 2. The van der Waals surface area contributed by atoms with Crippen molar-refractivity contribution in [3.63, 3.8) is 0 Å². The molecule has 144 valence electrons. The second-order valence-corrected chi connectivity index (χ2v) is 8.61. The van der Waals surface area contributed by atoms with Gasteiger partial charge in [-0.1, -0.05) is 6.07 Å². The van der Waals surface area contributed by atoms with Crippen LogP contribution in [0.25, 0.3) is 0 Å². The van der Waals surface area contributed by atoms with E-state index in [1.165, 1.54) is 12.1 Å². The largest absolute Gasteiger partial charge is 0.444 e. The number of aryl methyl sites for hydroxylation is 1. The highest BCUT2D eigenvalue weighted by atomic mass is 19.1. The van der Waals surface area contributed by atoms with Gasteiger partial charge in [0, 0.05) is 6.42 Å². The highest BCUT2D eigenvalue weighted by Gasteiger charge is 2.49. The van der Waals surface area contributed by atoms with Crippen molar-refractivity contribution in [3.05, 3.63) is 35.1 Å². The molecule has 0 spiro atoms. The Hall–Kier alpha value is -1.66. The average molecular weight is 365 g/mol. The van der Waals surface area contributed by atoms with Crippen molar-refractivity contribution < 1.29 is 23.8 Å². The smallest absolute Gasteiger partial charge is 0.410 e. The molecule has 6 heteroatoms. The summed E-state index contributed by atoms with van der Waals surface area (Å²) in [6, 6.07) is 4.20. The fraction of sp³-hybridized carbons (Fsp3) is 0.650. The van der Waals surface area contributed by atoms with Gasteiger partial charge in [-0.25, -0.2) is 9.18 Å². The summed E-state index contributed by atoms with van der Waals surface area (Å²) in [4.78, 5) is 14.3. The Labute approximate surface area is 154 Å². The Morgan fingerprint density at radius 2 is 1.96 bits per heavy atom. The summed E-state index contributed by atoms with van der Waals surface area (Å²) in [6.07, 6.45) is 0.920. The van der Waals surface area contributed by atoms with E-state index >= 15 is 0 Å². The van der Waals surface area contributed by atoms with Crippen LogP contribution in [0.3, 0.4) is 0 Å². The number of rotatable bonds is 2. The van der Waals surface area contributed by atoms with E-state index in [-0.39, 0.29) is 24.0 Å². The number of benzene rings is 1. The second-order valence-electron chi connectivity index (χ2n) is 8.61. The molecule has 5 nitrogen and oxygen atoms in total. The minimum Gasteiger partial charge on any atom is -0.444 e. The first-order valence-corrected chi connectivity index (χ1v) is 9.13. The Morgan fingerprint density at radius 3 is 2.50 bits per heavy atom. The third kappa shape index (κ3) is 4.18. The van der Waals surface area contributed by atoms with Crippen molar-refractivity contribution in [2.75, 3.05) is 13.2 Å². The first-order valence-electron chi connectivity index (χ1n) is 9.13. The second kappa shape index (κ2) is 6.82. The van der Waals surface area contributed by atoms with Gasteiger partial charge < -0.3 is 14.6 Å². The number of morpholine rings is 1. The van der Waals surface area contributed by atoms with Gasteiger partial charge in [0.05, 0.1) is 30.9 Å². The van der Waals surface area contributed by atoms with E-state index in [1.54, 1.807) is 11.0 Å². The maximum Gasteiger partial charge on any atom is 0.410 e. The van der Waals surface area contributed by atoms with Gasteiger partial charge in [-0.2, -0.15) is 0 Å². The molecular formula is C20H28FNO4. The molecule has 2 aliphatic rings. The van der Waals surface area contributed by atoms with E-state index < -0.39 is 11.2 Å². The molecule has 3 rings (SSSR count). The van der Waals surface area contributed by atoms with Gasteiger partial charge >= 0.3 is 6.09 Å². The molecule has 0 aliphatic carbocycles. The molecule has 1 aromatic rings. The summed E-state index contributed by atoms with van der Waals surface area (Å²) < 4.78 is 24.5. The maximum atomic E-state index is 13.3. The summed E-state index contributed by atoms with van der Waals surface area (Å²) in [6.45, 7) is 8.15. The molecule has 2 aliphatic heterocycles. The summed E-state index contributed by atoms with van der Waals surface area (Å²) in [7, 11) is 0. The Kier molecular flexibility index (Phi) is 5.01. The summed E-state index contributed by atoms with van der Waals surface area (Å²) >= 11 is 0. The third-order valence-electron chi connectivity index (χ3n) is 5.07. The Morgan fingerprint density at radius 1 is 1.35 bits per heavy atom. The van der Waals surface area contributed by atoms with Crippen molar-refractivity contribution >= 4 is 6.09 Å². The lowest BCUT2D eigenvalue weighted by Crippen LogP contribution is -2.64. The van der Waals surface area contributed by atoms with Crippen LogP contribution in [0.2, 0.25) is 0 Å². The Balaban J connectivity index is 1.77. The lowest BCUT2D eigenvalue weighted by molar-refractivity contribution is -0.137. The van der Waals surface area contributed by atoms with Gasteiger partial charge in [-0.3, -0.25) is 4.90 Å².